The minimum absolute atomic E-state index is 0.00669. The van der Waals surface area contributed by atoms with E-state index in [1.807, 2.05) is 56.6 Å². The normalized spacial score (nSPS) is 12.0. The molecule has 24 heavy (non-hydrogen) atoms. The predicted molar refractivity (Wildman–Crippen MR) is 100 cm³/mol. The van der Waals surface area contributed by atoms with Crippen LogP contribution in [0.4, 0.5) is 0 Å². The topological polar surface area (TPSA) is 41.6 Å². The van der Waals surface area contributed by atoms with Crippen LogP contribution in [0, 0.1) is 0 Å². The Hall–Kier alpha value is -1.85. The van der Waals surface area contributed by atoms with E-state index in [1.54, 1.807) is 0 Å². The van der Waals surface area contributed by atoms with Crippen LogP contribution in [-0.4, -0.2) is 38.1 Å². The molecule has 128 valence electrons. The molecule has 1 atom stereocenters. The maximum absolute atomic E-state index is 12.0. The highest BCUT2D eigenvalue weighted by Crippen LogP contribution is 2.18. The second-order valence-electron chi connectivity index (χ2n) is 5.75. The summed E-state index contributed by atoms with van der Waals surface area (Å²) < 4.78 is 6.55. The Morgan fingerprint density at radius 3 is 2.58 bits per heavy atom. The van der Waals surface area contributed by atoms with Crippen LogP contribution in [0.5, 0.6) is 5.75 Å². The number of hydrogen-bond donors (Lipinski definition) is 1. The van der Waals surface area contributed by atoms with Crippen LogP contribution in [0.3, 0.4) is 0 Å². The molecule has 5 heteroatoms. The molecule has 2 rings (SSSR count). The molecule has 0 aliphatic heterocycles. The van der Waals surface area contributed by atoms with Crippen LogP contribution in [0.2, 0.25) is 0 Å². The summed E-state index contributed by atoms with van der Waals surface area (Å²) in [7, 11) is 4.03. The quantitative estimate of drug-likeness (QED) is 0.747. The lowest BCUT2D eigenvalue weighted by Crippen LogP contribution is -2.35. The smallest absolute Gasteiger partial charge is 0.223 e. The molecule has 1 amide bonds. The van der Waals surface area contributed by atoms with Crippen molar-refractivity contribution in [2.75, 3.05) is 27.2 Å². The molecule has 0 aromatic heterocycles. The summed E-state index contributed by atoms with van der Waals surface area (Å²) in [5.41, 5.74) is 1.19. The fourth-order valence-electron chi connectivity index (χ4n) is 2.39. The van der Waals surface area contributed by atoms with Gasteiger partial charge in [-0.05, 0) is 37.9 Å². The summed E-state index contributed by atoms with van der Waals surface area (Å²) in [6.45, 7) is 0.937. The van der Waals surface area contributed by atoms with Crippen molar-refractivity contribution in [1.29, 1.82) is 0 Å². The molecule has 0 saturated carbocycles. The predicted octanol–water partition coefficient (Wildman–Crippen LogP) is 3.64. The Labute approximate surface area is 151 Å². The van der Waals surface area contributed by atoms with Crippen LogP contribution in [0.1, 0.15) is 18.0 Å². The summed E-state index contributed by atoms with van der Waals surface area (Å²) in [6.07, 6.45) is 0.335. The second kappa shape index (κ2) is 9.45. The number of likely N-dealkylation sites (N-methyl/N-ethyl adjacent to an activating group) is 1. The van der Waals surface area contributed by atoms with Gasteiger partial charge in [-0.25, -0.2) is 0 Å². The van der Waals surface area contributed by atoms with Gasteiger partial charge in [0, 0.05) is 11.0 Å². The molecule has 2 aromatic rings. The lowest BCUT2D eigenvalue weighted by molar-refractivity contribution is -0.121. The Morgan fingerprint density at radius 1 is 1.17 bits per heavy atom. The van der Waals surface area contributed by atoms with Gasteiger partial charge in [-0.2, -0.15) is 0 Å². The van der Waals surface area contributed by atoms with Crippen molar-refractivity contribution in [2.45, 2.75) is 12.5 Å². The van der Waals surface area contributed by atoms with Gasteiger partial charge in [0.1, 0.15) is 5.75 Å². The number of rotatable bonds is 8. The highest BCUT2D eigenvalue weighted by molar-refractivity contribution is 9.10. The molecule has 2 aromatic carbocycles. The van der Waals surface area contributed by atoms with Gasteiger partial charge in [0.15, 0.2) is 0 Å². The molecular weight excluding hydrogens is 368 g/mol. The van der Waals surface area contributed by atoms with E-state index in [-0.39, 0.29) is 11.9 Å². The van der Waals surface area contributed by atoms with Crippen LogP contribution in [-0.2, 0) is 4.79 Å². The van der Waals surface area contributed by atoms with Gasteiger partial charge in [0.25, 0.3) is 0 Å². The van der Waals surface area contributed by atoms with Crippen molar-refractivity contribution in [3.8, 4) is 5.75 Å². The first-order valence-corrected chi connectivity index (χ1v) is 8.72. The Bertz CT molecular complexity index is 647. The van der Waals surface area contributed by atoms with Crippen LogP contribution in [0.15, 0.2) is 59.1 Å². The van der Waals surface area contributed by atoms with E-state index in [1.165, 1.54) is 5.56 Å². The molecule has 0 heterocycles. The second-order valence-corrected chi connectivity index (χ2v) is 6.67. The van der Waals surface area contributed by atoms with E-state index in [9.17, 15) is 4.79 Å². The molecule has 0 aliphatic rings. The minimum Gasteiger partial charge on any atom is -0.493 e. The first-order chi connectivity index (χ1) is 11.6. The van der Waals surface area contributed by atoms with Gasteiger partial charge >= 0.3 is 0 Å². The minimum atomic E-state index is -0.00669. The number of nitrogens with one attached hydrogen (secondary N) is 1. The lowest BCUT2D eigenvalue weighted by atomic mass is 10.1. The van der Waals surface area contributed by atoms with Gasteiger partial charge in [0.05, 0.1) is 19.1 Å². The maximum atomic E-state index is 12.0. The summed E-state index contributed by atoms with van der Waals surface area (Å²) in [4.78, 5) is 14.1. The van der Waals surface area contributed by atoms with Gasteiger partial charge in [-0.1, -0.05) is 52.3 Å². The third-order valence-corrected chi connectivity index (χ3v) is 4.19. The third-order valence-electron chi connectivity index (χ3n) is 3.69. The Kier molecular flexibility index (Phi) is 7.28. The summed E-state index contributed by atoms with van der Waals surface area (Å²) in [5.74, 6) is 0.750. The van der Waals surface area contributed by atoms with Crippen LogP contribution in [0.25, 0.3) is 0 Å². The number of hydrogen-bond acceptors (Lipinski definition) is 3. The molecule has 0 fully saturated rings. The fourth-order valence-corrected chi connectivity index (χ4v) is 2.77. The first kappa shape index (κ1) is 18.5. The molecule has 0 aliphatic carbocycles. The van der Waals surface area contributed by atoms with E-state index < -0.39 is 0 Å². The van der Waals surface area contributed by atoms with Crippen molar-refractivity contribution in [3.05, 3.63) is 64.6 Å². The first-order valence-electron chi connectivity index (χ1n) is 7.92. The Morgan fingerprint density at radius 2 is 1.92 bits per heavy atom. The van der Waals surface area contributed by atoms with Gasteiger partial charge in [-0.3, -0.25) is 4.79 Å². The van der Waals surface area contributed by atoms with Gasteiger partial charge < -0.3 is 15.0 Å². The lowest BCUT2D eigenvalue weighted by Gasteiger charge is -2.25. The zero-order chi connectivity index (χ0) is 17.4. The molecule has 0 bridgehead atoms. The number of ether oxygens (including phenoxy) is 1. The van der Waals surface area contributed by atoms with Crippen molar-refractivity contribution >= 4 is 21.8 Å². The van der Waals surface area contributed by atoms with Crippen molar-refractivity contribution in [2.24, 2.45) is 0 Å². The highest BCUT2D eigenvalue weighted by Gasteiger charge is 2.14. The average Bonchev–Trinajstić information content (AvgIpc) is 2.56. The van der Waals surface area contributed by atoms with Gasteiger partial charge in [-0.15, -0.1) is 0 Å². The standard InChI is InChI=1S/C19H23BrN2O2/c1-22(2)18(15-7-4-3-5-8-15)14-21-19(23)11-12-24-17-10-6-9-16(20)13-17/h3-10,13,18H,11-12,14H2,1-2H3,(H,21,23). The number of nitrogens with zero attached hydrogens (tertiary/aromatic N) is 1. The number of carbonyl (C=O) groups is 1. The number of benzene rings is 2. The van der Waals surface area contributed by atoms with Crippen molar-refractivity contribution in [1.82, 2.24) is 10.2 Å². The molecule has 0 spiro atoms. The average molecular weight is 391 g/mol. The largest absolute Gasteiger partial charge is 0.493 e. The summed E-state index contributed by atoms with van der Waals surface area (Å²) >= 11 is 3.40. The molecule has 1 N–H and O–H groups in total. The monoisotopic (exact) mass is 390 g/mol. The highest BCUT2D eigenvalue weighted by atomic mass is 79.9. The van der Waals surface area contributed by atoms with Gasteiger partial charge in [0.2, 0.25) is 5.91 Å². The fraction of sp³-hybridized carbons (Fsp3) is 0.316. The van der Waals surface area contributed by atoms with E-state index in [0.29, 0.717) is 19.6 Å². The Balaban J connectivity index is 1.77. The van der Waals surface area contributed by atoms with Crippen LogP contribution >= 0.6 is 15.9 Å². The summed E-state index contributed by atoms with van der Waals surface area (Å²) in [5, 5.41) is 2.99. The van der Waals surface area contributed by atoms with Crippen molar-refractivity contribution in [3.63, 3.8) is 0 Å². The van der Waals surface area contributed by atoms with E-state index in [4.69, 9.17) is 4.74 Å². The number of halogens is 1. The number of amides is 1. The molecule has 0 saturated heterocycles. The number of carbonyl (C=O) groups excluding carboxylic acids is 1. The third kappa shape index (κ3) is 5.98. The SMILES string of the molecule is CN(C)C(CNC(=O)CCOc1cccc(Br)c1)c1ccccc1. The van der Waals surface area contributed by atoms with Crippen molar-refractivity contribution < 1.29 is 9.53 Å². The molecule has 1 unspecified atom stereocenters. The maximum Gasteiger partial charge on any atom is 0.223 e. The van der Waals surface area contributed by atoms with E-state index >= 15 is 0 Å². The molecule has 0 radical (unpaired) electrons. The zero-order valence-electron chi connectivity index (χ0n) is 14.0. The molecular formula is C19H23BrN2O2. The van der Waals surface area contributed by atoms with E-state index in [0.717, 1.165) is 10.2 Å². The van der Waals surface area contributed by atoms with Crippen LogP contribution < -0.4 is 10.1 Å². The summed E-state index contributed by atoms with van der Waals surface area (Å²) in [6, 6.07) is 17.9. The molecule has 4 nitrogen and oxygen atoms in total. The van der Waals surface area contributed by atoms with E-state index in [2.05, 4.69) is 38.3 Å². The zero-order valence-corrected chi connectivity index (χ0v) is 15.6.